The molecule has 98 valence electrons. The number of aryl methyl sites for hydroxylation is 2. The van der Waals surface area contributed by atoms with Crippen LogP contribution in [0.3, 0.4) is 0 Å². The van der Waals surface area contributed by atoms with E-state index in [2.05, 4.69) is 4.98 Å². The van der Waals surface area contributed by atoms with E-state index < -0.39 is 5.97 Å². The summed E-state index contributed by atoms with van der Waals surface area (Å²) >= 11 is 0. The fourth-order valence-corrected chi connectivity index (χ4v) is 1.74. The third-order valence-corrected chi connectivity index (χ3v) is 2.84. The monoisotopic (exact) mass is 257 g/mol. The van der Waals surface area contributed by atoms with E-state index in [9.17, 15) is 4.79 Å². The van der Waals surface area contributed by atoms with Crippen molar-refractivity contribution in [3.8, 4) is 5.75 Å². The molecule has 2 rings (SSSR count). The van der Waals surface area contributed by atoms with Gasteiger partial charge in [0.15, 0.2) is 11.4 Å². The number of carboxylic acids is 1. The van der Waals surface area contributed by atoms with Crippen LogP contribution in [0, 0.1) is 13.8 Å². The highest BCUT2D eigenvalue weighted by Gasteiger charge is 2.13. The number of nitrogens with zero attached hydrogens (tertiary/aromatic N) is 1. The van der Waals surface area contributed by atoms with Crippen molar-refractivity contribution in [1.82, 2.24) is 4.98 Å². The molecule has 1 heterocycles. The highest BCUT2D eigenvalue weighted by Crippen LogP contribution is 2.19. The van der Waals surface area contributed by atoms with Crippen LogP contribution in [0.4, 0.5) is 0 Å². The summed E-state index contributed by atoms with van der Waals surface area (Å²) in [4.78, 5) is 15.1. The number of carbonyl (C=O) groups is 1. The van der Waals surface area contributed by atoms with E-state index in [1.165, 1.54) is 0 Å². The lowest BCUT2D eigenvalue weighted by atomic mass is 10.1. The van der Waals surface area contributed by atoms with E-state index in [0.29, 0.717) is 18.1 Å². The Bertz CT molecular complexity index is 608. The van der Waals surface area contributed by atoms with Crippen molar-refractivity contribution < 1.29 is 14.6 Å². The van der Waals surface area contributed by atoms with Crippen LogP contribution in [0.1, 0.15) is 27.3 Å². The van der Waals surface area contributed by atoms with Crippen LogP contribution in [0.15, 0.2) is 36.4 Å². The van der Waals surface area contributed by atoms with Gasteiger partial charge in [0, 0.05) is 5.69 Å². The summed E-state index contributed by atoms with van der Waals surface area (Å²) in [6.07, 6.45) is 0. The molecule has 2 aromatic rings. The quantitative estimate of drug-likeness (QED) is 0.914. The molecule has 19 heavy (non-hydrogen) atoms. The molecule has 0 aliphatic heterocycles. The molecule has 1 aromatic heterocycles. The number of ether oxygens (including phenoxy) is 1. The molecule has 0 amide bonds. The van der Waals surface area contributed by atoms with Gasteiger partial charge < -0.3 is 9.84 Å². The van der Waals surface area contributed by atoms with Crippen LogP contribution >= 0.6 is 0 Å². The minimum absolute atomic E-state index is 0.0476. The summed E-state index contributed by atoms with van der Waals surface area (Å²) < 4.78 is 5.58. The maximum absolute atomic E-state index is 11.1. The summed E-state index contributed by atoms with van der Waals surface area (Å²) in [5, 5.41) is 9.10. The normalized spacial score (nSPS) is 10.2. The van der Waals surface area contributed by atoms with Gasteiger partial charge in [-0.05, 0) is 37.1 Å². The zero-order chi connectivity index (χ0) is 13.8. The number of aromatic carboxylic acids is 1. The first-order valence-electron chi connectivity index (χ1n) is 5.96. The predicted molar refractivity (Wildman–Crippen MR) is 71.4 cm³/mol. The molecule has 0 saturated carbocycles. The number of aromatic nitrogens is 1. The molecule has 0 bridgehead atoms. The first-order chi connectivity index (χ1) is 9.08. The van der Waals surface area contributed by atoms with Crippen LogP contribution in [0.5, 0.6) is 5.75 Å². The molecule has 0 atom stereocenters. The van der Waals surface area contributed by atoms with E-state index >= 15 is 0 Å². The molecule has 0 radical (unpaired) electrons. The van der Waals surface area contributed by atoms with E-state index in [-0.39, 0.29) is 5.69 Å². The SMILES string of the molecule is Cc1ccc(OCc2ccccc2C)c(C(=O)O)n1. The van der Waals surface area contributed by atoms with Gasteiger partial charge in [-0.2, -0.15) is 0 Å². The zero-order valence-electron chi connectivity index (χ0n) is 10.9. The van der Waals surface area contributed by atoms with Crippen LogP contribution in [-0.4, -0.2) is 16.1 Å². The molecule has 0 unspecified atom stereocenters. The van der Waals surface area contributed by atoms with Crippen molar-refractivity contribution >= 4 is 5.97 Å². The number of hydrogen-bond acceptors (Lipinski definition) is 3. The maximum atomic E-state index is 11.1. The van der Waals surface area contributed by atoms with Gasteiger partial charge in [0.25, 0.3) is 0 Å². The lowest BCUT2D eigenvalue weighted by Crippen LogP contribution is -2.07. The van der Waals surface area contributed by atoms with Crippen molar-refractivity contribution in [2.75, 3.05) is 0 Å². The smallest absolute Gasteiger partial charge is 0.358 e. The topological polar surface area (TPSA) is 59.4 Å². The van der Waals surface area contributed by atoms with Gasteiger partial charge in [0.2, 0.25) is 0 Å². The van der Waals surface area contributed by atoms with Crippen molar-refractivity contribution in [2.24, 2.45) is 0 Å². The molecule has 0 fully saturated rings. The zero-order valence-corrected chi connectivity index (χ0v) is 10.9. The first kappa shape index (κ1) is 13.1. The van der Waals surface area contributed by atoms with Crippen LogP contribution in [0.2, 0.25) is 0 Å². The Hall–Kier alpha value is -2.36. The molecular formula is C15H15NO3. The third-order valence-electron chi connectivity index (χ3n) is 2.84. The minimum Gasteiger partial charge on any atom is -0.486 e. The van der Waals surface area contributed by atoms with Crippen molar-refractivity contribution in [1.29, 1.82) is 0 Å². The molecule has 0 saturated heterocycles. The molecule has 1 N–H and O–H groups in total. The second kappa shape index (κ2) is 5.52. The van der Waals surface area contributed by atoms with Gasteiger partial charge in [-0.15, -0.1) is 0 Å². The molecule has 1 aromatic carbocycles. The first-order valence-corrected chi connectivity index (χ1v) is 5.96. The number of hydrogen-bond donors (Lipinski definition) is 1. The Kier molecular flexibility index (Phi) is 3.80. The minimum atomic E-state index is -1.08. The van der Waals surface area contributed by atoms with Gasteiger partial charge >= 0.3 is 5.97 Å². The van der Waals surface area contributed by atoms with Crippen LogP contribution < -0.4 is 4.74 Å². The predicted octanol–water partition coefficient (Wildman–Crippen LogP) is 2.98. The van der Waals surface area contributed by atoms with Gasteiger partial charge in [0.05, 0.1) is 0 Å². The summed E-state index contributed by atoms with van der Waals surface area (Å²) in [6, 6.07) is 11.2. The summed E-state index contributed by atoms with van der Waals surface area (Å²) in [5.41, 5.74) is 2.74. The molecule has 0 aliphatic carbocycles. The van der Waals surface area contributed by atoms with Gasteiger partial charge in [-0.25, -0.2) is 9.78 Å². The molecule has 4 heteroatoms. The molecule has 0 aliphatic rings. The largest absolute Gasteiger partial charge is 0.486 e. The Labute approximate surface area is 111 Å². The number of benzene rings is 1. The van der Waals surface area contributed by atoms with Crippen molar-refractivity contribution in [3.05, 3.63) is 58.9 Å². The van der Waals surface area contributed by atoms with Gasteiger partial charge in [-0.3, -0.25) is 0 Å². The Morgan fingerprint density at radius 1 is 1.21 bits per heavy atom. The second-order valence-corrected chi connectivity index (χ2v) is 4.32. The van der Waals surface area contributed by atoms with E-state index in [4.69, 9.17) is 9.84 Å². The number of rotatable bonds is 4. The van der Waals surface area contributed by atoms with Crippen molar-refractivity contribution in [3.63, 3.8) is 0 Å². The fourth-order valence-electron chi connectivity index (χ4n) is 1.74. The molecule has 4 nitrogen and oxygen atoms in total. The lowest BCUT2D eigenvalue weighted by Gasteiger charge is -2.10. The summed E-state index contributed by atoms with van der Waals surface area (Å²) in [7, 11) is 0. The highest BCUT2D eigenvalue weighted by atomic mass is 16.5. The summed E-state index contributed by atoms with van der Waals surface area (Å²) in [6.45, 7) is 4.07. The summed E-state index contributed by atoms with van der Waals surface area (Å²) in [5.74, 6) is -0.787. The third kappa shape index (κ3) is 3.10. The van der Waals surface area contributed by atoms with Crippen LogP contribution in [0.25, 0.3) is 0 Å². The number of carboxylic acid groups (broad SMARTS) is 1. The average molecular weight is 257 g/mol. The van der Waals surface area contributed by atoms with Crippen molar-refractivity contribution in [2.45, 2.75) is 20.5 Å². The lowest BCUT2D eigenvalue weighted by molar-refractivity contribution is 0.0684. The number of pyridine rings is 1. The maximum Gasteiger partial charge on any atom is 0.358 e. The Balaban J connectivity index is 2.20. The van der Waals surface area contributed by atoms with E-state index in [1.807, 2.05) is 31.2 Å². The Morgan fingerprint density at radius 2 is 1.95 bits per heavy atom. The molecular weight excluding hydrogens is 242 g/mol. The standard InChI is InChI=1S/C15H15NO3/c1-10-5-3-4-6-12(10)9-19-13-8-7-11(2)16-14(13)15(17)18/h3-8H,9H2,1-2H3,(H,17,18). The van der Waals surface area contributed by atoms with E-state index in [0.717, 1.165) is 11.1 Å². The van der Waals surface area contributed by atoms with Crippen LogP contribution in [-0.2, 0) is 6.61 Å². The fraction of sp³-hybridized carbons (Fsp3) is 0.200. The van der Waals surface area contributed by atoms with Gasteiger partial charge in [0.1, 0.15) is 6.61 Å². The van der Waals surface area contributed by atoms with E-state index in [1.54, 1.807) is 19.1 Å². The molecule has 0 spiro atoms. The second-order valence-electron chi connectivity index (χ2n) is 4.32. The van der Waals surface area contributed by atoms with Gasteiger partial charge in [-0.1, -0.05) is 24.3 Å². The highest BCUT2D eigenvalue weighted by molar-refractivity contribution is 5.88. The average Bonchev–Trinajstić information content (AvgIpc) is 2.38. The Morgan fingerprint density at radius 3 is 2.63 bits per heavy atom.